The van der Waals surface area contributed by atoms with Crippen molar-refractivity contribution in [2.75, 3.05) is 6.54 Å². The summed E-state index contributed by atoms with van der Waals surface area (Å²) in [5.74, 6) is -0.402. The van der Waals surface area contributed by atoms with Crippen molar-refractivity contribution in [3.8, 4) is 11.3 Å². The van der Waals surface area contributed by atoms with Crippen LogP contribution >= 0.6 is 11.3 Å². The molecule has 0 aliphatic carbocycles. The molecule has 2 unspecified atom stereocenters. The number of likely N-dealkylation sites (tertiary alicyclic amines) is 1. The molecule has 0 radical (unpaired) electrons. The van der Waals surface area contributed by atoms with E-state index in [2.05, 4.69) is 15.3 Å². The van der Waals surface area contributed by atoms with Gasteiger partial charge in [-0.1, -0.05) is 30.3 Å². The fraction of sp³-hybridized carbons (Fsp3) is 0.273. The minimum Gasteiger partial charge on any atom is -0.347 e. The van der Waals surface area contributed by atoms with Gasteiger partial charge in [0.05, 0.1) is 17.7 Å². The van der Waals surface area contributed by atoms with Crippen molar-refractivity contribution in [3.63, 3.8) is 0 Å². The molecule has 0 saturated carbocycles. The van der Waals surface area contributed by atoms with E-state index < -0.39 is 0 Å². The number of nitrogens with zero attached hydrogens (tertiary/aromatic N) is 3. The van der Waals surface area contributed by atoms with Gasteiger partial charge in [0.2, 0.25) is 11.8 Å². The van der Waals surface area contributed by atoms with Crippen LogP contribution in [0.5, 0.6) is 0 Å². The van der Waals surface area contributed by atoms with Gasteiger partial charge in [-0.15, -0.1) is 11.3 Å². The molecule has 29 heavy (non-hydrogen) atoms. The number of hydrogen-bond donors (Lipinski definition) is 1. The van der Waals surface area contributed by atoms with E-state index in [1.54, 1.807) is 17.3 Å². The number of hydrogen-bond acceptors (Lipinski definition) is 5. The minimum absolute atomic E-state index is 0.0229. The molecule has 0 spiro atoms. The highest BCUT2D eigenvalue weighted by Gasteiger charge is 2.34. The highest BCUT2D eigenvalue weighted by atomic mass is 32.1. The fourth-order valence-electron chi connectivity index (χ4n) is 3.43. The van der Waals surface area contributed by atoms with Crippen LogP contribution in [-0.2, 0) is 16.1 Å². The Morgan fingerprint density at radius 1 is 1.28 bits per heavy atom. The average Bonchev–Trinajstić information content (AvgIpc) is 3.37. The summed E-state index contributed by atoms with van der Waals surface area (Å²) >= 11 is 1.51. The van der Waals surface area contributed by atoms with Crippen LogP contribution < -0.4 is 5.32 Å². The number of carbonyl (C=O) groups excluding carboxylic acids is 2. The minimum atomic E-state index is -0.327. The van der Waals surface area contributed by atoms with Gasteiger partial charge in [-0.25, -0.2) is 4.98 Å². The Kier molecular flexibility index (Phi) is 5.67. The van der Waals surface area contributed by atoms with Crippen LogP contribution in [0.4, 0.5) is 0 Å². The summed E-state index contributed by atoms with van der Waals surface area (Å²) in [6, 6.07) is 13.5. The van der Waals surface area contributed by atoms with E-state index in [1.165, 1.54) is 11.3 Å². The summed E-state index contributed by atoms with van der Waals surface area (Å²) in [7, 11) is 0. The molecule has 2 atom stereocenters. The number of aromatic nitrogens is 2. The van der Waals surface area contributed by atoms with Gasteiger partial charge in [0.1, 0.15) is 5.01 Å². The molecule has 1 N–H and O–H groups in total. The molecule has 4 rings (SSSR count). The summed E-state index contributed by atoms with van der Waals surface area (Å²) in [5.41, 5.74) is 2.87. The molecule has 1 saturated heterocycles. The lowest BCUT2D eigenvalue weighted by molar-refractivity contribution is -0.129. The van der Waals surface area contributed by atoms with E-state index in [4.69, 9.17) is 0 Å². The van der Waals surface area contributed by atoms with Gasteiger partial charge < -0.3 is 10.2 Å². The average molecular weight is 407 g/mol. The summed E-state index contributed by atoms with van der Waals surface area (Å²) < 4.78 is 0. The van der Waals surface area contributed by atoms with E-state index in [-0.39, 0.29) is 30.2 Å². The third-order valence-electron chi connectivity index (χ3n) is 5.01. The molecule has 6 nitrogen and oxygen atoms in total. The van der Waals surface area contributed by atoms with Gasteiger partial charge in [0.25, 0.3) is 0 Å². The lowest BCUT2D eigenvalue weighted by Gasteiger charge is -2.18. The first-order valence-electron chi connectivity index (χ1n) is 9.58. The summed E-state index contributed by atoms with van der Waals surface area (Å²) in [6.45, 7) is 2.91. The molecule has 0 bridgehead atoms. The molecule has 3 heterocycles. The topological polar surface area (TPSA) is 75.2 Å². The number of thiazole rings is 1. The maximum Gasteiger partial charge on any atom is 0.225 e. The largest absolute Gasteiger partial charge is 0.347 e. The molecule has 1 aliphatic heterocycles. The Morgan fingerprint density at radius 2 is 2.10 bits per heavy atom. The van der Waals surface area contributed by atoms with E-state index in [9.17, 15) is 9.59 Å². The standard InChI is InChI=1S/C22H22N4O2S/c1-15(22-25-19(14-29-22)17-8-5-9-23-11-17)24-21(28)18-10-20(27)26(13-18)12-16-6-3-2-4-7-16/h2-9,11,14-15,18H,10,12-13H2,1H3,(H,24,28). The highest BCUT2D eigenvalue weighted by Crippen LogP contribution is 2.26. The second-order valence-corrected chi connectivity index (χ2v) is 8.09. The smallest absolute Gasteiger partial charge is 0.225 e. The molecule has 2 aromatic heterocycles. The lowest BCUT2D eigenvalue weighted by Crippen LogP contribution is -2.34. The maximum atomic E-state index is 12.7. The van der Waals surface area contributed by atoms with E-state index in [0.717, 1.165) is 21.8 Å². The van der Waals surface area contributed by atoms with Crippen LogP contribution in [-0.4, -0.2) is 33.2 Å². The van der Waals surface area contributed by atoms with Crippen LogP contribution in [0.25, 0.3) is 11.3 Å². The SMILES string of the molecule is CC(NC(=O)C1CC(=O)N(Cc2ccccc2)C1)c1nc(-c2cccnc2)cs1. The Hall–Kier alpha value is -3.06. The molecule has 1 fully saturated rings. The number of nitrogens with one attached hydrogen (secondary N) is 1. The van der Waals surface area contributed by atoms with Crippen molar-refractivity contribution < 1.29 is 9.59 Å². The number of rotatable bonds is 6. The predicted octanol–water partition coefficient (Wildman–Crippen LogP) is 3.43. The molecule has 148 valence electrons. The predicted molar refractivity (Wildman–Crippen MR) is 112 cm³/mol. The van der Waals surface area contributed by atoms with Crippen LogP contribution in [0, 0.1) is 5.92 Å². The van der Waals surface area contributed by atoms with E-state index in [0.29, 0.717) is 13.1 Å². The first-order valence-corrected chi connectivity index (χ1v) is 10.5. The third-order valence-corrected chi connectivity index (χ3v) is 6.04. The summed E-state index contributed by atoms with van der Waals surface area (Å²) in [4.78, 5) is 35.6. The Labute approximate surface area is 173 Å². The van der Waals surface area contributed by atoms with Crippen LogP contribution in [0.15, 0.2) is 60.2 Å². The van der Waals surface area contributed by atoms with Crippen molar-refractivity contribution in [1.29, 1.82) is 0 Å². The van der Waals surface area contributed by atoms with Gasteiger partial charge in [0, 0.05) is 42.8 Å². The Bertz CT molecular complexity index is 990. The van der Waals surface area contributed by atoms with Crippen molar-refractivity contribution in [2.24, 2.45) is 5.92 Å². The quantitative estimate of drug-likeness (QED) is 0.681. The van der Waals surface area contributed by atoms with E-state index >= 15 is 0 Å². The first-order chi connectivity index (χ1) is 14.1. The Morgan fingerprint density at radius 3 is 2.86 bits per heavy atom. The highest BCUT2D eigenvalue weighted by molar-refractivity contribution is 7.10. The van der Waals surface area contributed by atoms with Gasteiger partial charge >= 0.3 is 0 Å². The van der Waals surface area contributed by atoms with Crippen LogP contribution in [0.2, 0.25) is 0 Å². The van der Waals surface area contributed by atoms with Crippen LogP contribution in [0.1, 0.15) is 30.0 Å². The zero-order valence-electron chi connectivity index (χ0n) is 16.1. The van der Waals surface area contributed by atoms with Crippen LogP contribution in [0.3, 0.4) is 0 Å². The number of carbonyl (C=O) groups is 2. The van der Waals surface area contributed by atoms with Crippen molar-refractivity contribution in [1.82, 2.24) is 20.2 Å². The van der Waals surface area contributed by atoms with Crippen molar-refractivity contribution in [2.45, 2.75) is 25.9 Å². The molecule has 2 amide bonds. The van der Waals surface area contributed by atoms with E-state index in [1.807, 2.05) is 54.8 Å². The first kappa shape index (κ1) is 19.3. The second kappa shape index (κ2) is 8.53. The third kappa shape index (κ3) is 4.51. The monoisotopic (exact) mass is 406 g/mol. The Balaban J connectivity index is 1.36. The molecule has 7 heteroatoms. The zero-order chi connectivity index (χ0) is 20.2. The number of benzene rings is 1. The fourth-order valence-corrected chi connectivity index (χ4v) is 4.27. The van der Waals surface area contributed by atoms with Crippen molar-refractivity contribution >= 4 is 23.2 Å². The van der Waals surface area contributed by atoms with Gasteiger partial charge in [-0.05, 0) is 24.6 Å². The molecule has 1 aliphatic rings. The molecule has 3 aromatic rings. The zero-order valence-corrected chi connectivity index (χ0v) is 16.9. The molecular formula is C22H22N4O2S. The number of pyridine rings is 1. The van der Waals surface area contributed by atoms with Gasteiger partial charge in [-0.2, -0.15) is 0 Å². The van der Waals surface area contributed by atoms with Gasteiger partial charge in [-0.3, -0.25) is 14.6 Å². The van der Waals surface area contributed by atoms with Crippen molar-refractivity contribution in [3.05, 3.63) is 70.8 Å². The molecular weight excluding hydrogens is 384 g/mol. The maximum absolute atomic E-state index is 12.7. The normalized spacial score (nSPS) is 17.3. The lowest BCUT2D eigenvalue weighted by atomic mass is 10.1. The second-order valence-electron chi connectivity index (χ2n) is 7.20. The van der Waals surface area contributed by atoms with Gasteiger partial charge in [0.15, 0.2) is 0 Å². The summed E-state index contributed by atoms with van der Waals surface area (Å²) in [6.07, 6.45) is 3.75. The molecule has 1 aromatic carbocycles. The number of amides is 2. The summed E-state index contributed by atoms with van der Waals surface area (Å²) in [5, 5.41) is 5.83.